The molecule has 0 bridgehead atoms. The van der Waals surface area contributed by atoms with Gasteiger partial charge in [-0.3, -0.25) is 0 Å². The number of nitrogens with zero attached hydrogens (tertiary/aromatic N) is 1. The lowest BCUT2D eigenvalue weighted by Crippen LogP contribution is -2.28. The van der Waals surface area contributed by atoms with Gasteiger partial charge in [0.2, 0.25) is 0 Å². The molecule has 1 aromatic heterocycles. The van der Waals surface area contributed by atoms with Crippen LogP contribution in [-0.4, -0.2) is 0 Å². The van der Waals surface area contributed by atoms with E-state index in [-0.39, 0.29) is 0 Å². The molecule has 0 spiro atoms. The molecule has 0 N–H and O–H groups in total. The van der Waals surface area contributed by atoms with Gasteiger partial charge in [-0.25, -0.2) is 0 Å². The summed E-state index contributed by atoms with van der Waals surface area (Å²) < 4.78 is 2.56. The van der Waals surface area contributed by atoms with E-state index in [0.717, 1.165) is 17.1 Å². The molecule has 1 heterocycles. The second-order valence-electron chi connectivity index (χ2n) is 15.9. The van der Waals surface area contributed by atoms with E-state index in [1.165, 1.54) is 86.6 Å². The van der Waals surface area contributed by atoms with Crippen molar-refractivity contribution >= 4 is 59.3 Å². The van der Waals surface area contributed by atoms with Gasteiger partial charge in [0.1, 0.15) is 0 Å². The van der Waals surface area contributed by atoms with Crippen LogP contribution in [0.2, 0.25) is 0 Å². The van der Waals surface area contributed by atoms with Gasteiger partial charge in [0, 0.05) is 31.3 Å². The topological polar surface area (TPSA) is 3.24 Å². The van der Waals surface area contributed by atoms with Gasteiger partial charge in [-0.1, -0.05) is 206 Å². The van der Waals surface area contributed by atoms with Crippen LogP contribution in [0, 0.1) is 0 Å². The monoisotopic (exact) mass is 793 g/mol. The standard InChI is InChI=1S/C59H39NS/c1-4-20-41(21-5-1)47-37-38-54(57-49-29-14-17-34-55(49)61-58(47)57)60(52-32-16-13-27-46(52)43-36-35-40-19-10-11-22-42(40)39-43)53-33-18-31-51-56(53)48-28-12-15-30-50(48)59(51,44-23-6-2-7-24-44)45-25-8-3-9-26-45/h1-39H. The van der Waals surface area contributed by atoms with E-state index in [2.05, 4.69) is 241 Å². The minimum Gasteiger partial charge on any atom is -0.309 e. The van der Waals surface area contributed by atoms with Crippen LogP contribution in [0.25, 0.3) is 64.3 Å². The molecule has 2 heteroatoms. The van der Waals surface area contributed by atoms with Crippen molar-refractivity contribution in [3.8, 4) is 33.4 Å². The molecule has 286 valence electrons. The summed E-state index contributed by atoms with van der Waals surface area (Å²) in [5.41, 5.74) is 15.3. The average molecular weight is 794 g/mol. The molecule has 0 unspecified atom stereocenters. The smallest absolute Gasteiger partial charge is 0.0714 e. The van der Waals surface area contributed by atoms with Crippen LogP contribution in [0.3, 0.4) is 0 Å². The number of rotatable bonds is 7. The van der Waals surface area contributed by atoms with Crippen molar-refractivity contribution in [3.05, 3.63) is 259 Å². The molecule has 11 aromatic rings. The van der Waals surface area contributed by atoms with E-state index in [1.54, 1.807) is 0 Å². The van der Waals surface area contributed by atoms with Crippen molar-refractivity contribution in [1.82, 2.24) is 0 Å². The lowest BCUT2D eigenvalue weighted by atomic mass is 9.68. The number of para-hydroxylation sites is 1. The maximum absolute atomic E-state index is 2.59. The fourth-order valence-corrected chi connectivity index (χ4v) is 11.4. The van der Waals surface area contributed by atoms with Crippen LogP contribution < -0.4 is 4.90 Å². The number of benzene rings is 10. The highest BCUT2D eigenvalue weighted by atomic mass is 32.1. The lowest BCUT2D eigenvalue weighted by molar-refractivity contribution is 0.768. The second kappa shape index (κ2) is 14.3. The minimum atomic E-state index is -0.532. The van der Waals surface area contributed by atoms with Gasteiger partial charge in [0.05, 0.1) is 22.5 Å². The van der Waals surface area contributed by atoms with E-state index in [1.807, 2.05) is 11.3 Å². The van der Waals surface area contributed by atoms with E-state index in [4.69, 9.17) is 0 Å². The first-order valence-electron chi connectivity index (χ1n) is 21.0. The summed E-state index contributed by atoms with van der Waals surface area (Å²) in [6, 6.07) is 87.4. The van der Waals surface area contributed by atoms with Crippen LogP contribution in [-0.2, 0) is 5.41 Å². The number of hydrogen-bond donors (Lipinski definition) is 0. The van der Waals surface area contributed by atoms with E-state index in [9.17, 15) is 0 Å². The molecule has 0 saturated heterocycles. The molecule has 10 aromatic carbocycles. The van der Waals surface area contributed by atoms with Gasteiger partial charge in [-0.15, -0.1) is 11.3 Å². The summed E-state index contributed by atoms with van der Waals surface area (Å²) in [7, 11) is 0. The molecular weight excluding hydrogens is 755 g/mol. The van der Waals surface area contributed by atoms with Crippen molar-refractivity contribution in [2.24, 2.45) is 0 Å². The predicted molar refractivity (Wildman–Crippen MR) is 260 cm³/mol. The van der Waals surface area contributed by atoms with E-state index in [0.29, 0.717) is 0 Å². The fourth-order valence-electron chi connectivity index (χ4n) is 10.2. The Balaban J connectivity index is 1.22. The summed E-state index contributed by atoms with van der Waals surface area (Å²) >= 11 is 1.89. The van der Waals surface area contributed by atoms with Crippen LogP contribution in [0.1, 0.15) is 22.3 Å². The van der Waals surface area contributed by atoms with Gasteiger partial charge >= 0.3 is 0 Å². The summed E-state index contributed by atoms with van der Waals surface area (Å²) in [5, 5.41) is 4.99. The largest absolute Gasteiger partial charge is 0.309 e. The first-order valence-corrected chi connectivity index (χ1v) is 21.8. The number of anilines is 3. The van der Waals surface area contributed by atoms with E-state index < -0.39 is 5.41 Å². The summed E-state index contributed by atoms with van der Waals surface area (Å²) in [6.07, 6.45) is 0. The molecule has 12 rings (SSSR count). The van der Waals surface area contributed by atoms with Crippen molar-refractivity contribution in [3.63, 3.8) is 0 Å². The number of fused-ring (bicyclic) bond motifs is 7. The predicted octanol–water partition coefficient (Wildman–Crippen LogP) is 16.4. The third-order valence-electron chi connectivity index (χ3n) is 12.7. The molecule has 0 atom stereocenters. The molecule has 1 aliphatic carbocycles. The van der Waals surface area contributed by atoms with Crippen molar-refractivity contribution in [2.75, 3.05) is 4.90 Å². The zero-order valence-electron chi connectivity index (χ0n) is 33.4. The Morgan fingerprint density at radius 3 is 1.75 bits per heavy atom. The zero-order chi connectivity index (χ0) is 40.3. The van der Waals surface area contributed by atoms with Gasteiger partial charge < -0.3 is 4.90 Å². The SMILES string of the molecule is c1ccc(-c2ccc(N(c3ccccc3-c3ccc4ccccc4c3)c3cccc4c3-c3ccccc3C4(c3ccccc3)c3ccccc3)c3c2sc2ccccc23)cc1. The molecular formula is C59H39NS. The first kappa shape index (κ1) is 35.4. The van der Waals surface area contributed by atoms with Crippen LogP contribution >= 0.6 is 11.3 Å². The van der Waals surface area contributed by atoms with Crippen LogP contribution in [0.15, 0.2) is 237 Å². The Morgan fingerprint density at radius 1 is 0.361 bits per heavy atom. The Morgan fingerprint density at radius 2 is 0.967 bits per heavy atom. The second-order valence-corrected chi connectivity index (χ2v) is 17.0. The molecule has 1 aliphatic rings. The normalized spacial score (nSPS) is 12.7. The minimum absolute atomic E-state index is 0.532. The third kappa shape index (κ3) is 5.46. The lowest BCUT2D eigenvalue weighted by Gasteiger charge is -2.35. The molecule has 0 aliphatic heterocycles. The highest BCUT2D eigenvalue weighted by Gasteiger charge is 2.47. The Bertz CT molecular complexity index is 3380. The van der Waals surface area contributed by atoms with Gasteiger partial charge in [0.25, 0.3) is 0 Å². The number of thiophene rings is 1. The molecule has 0 radical (unpaired) electrons. The van der Waals surface area contributed by atoms with Crippen molar-refractivity contribution in [2.45, 2.75) is 5.41 Å². The Labute approximate surface area is 360 Å². The average Bonchev–Trinajstić information content (AvgIpc) is 3.88. The van der Waals surface area contributed by atoms with Gasteiger partial charge in [-0.2, -0.15) is 0 Å². The molecule has 0 saturated carbocycles. The third-order valence-corrected chi connectivity index (χ3v) is 13.9. The molecule has 0 fully saturated rings. The maximum atomic E-state index is 2.59. The summed E-state index contributed by atoms with van der Waals surface area (Å²) in [4.78, 5) is 2.59. The van der Waals surface area contributed by atoms with Crippen LogP contribution in [0.4, 0.5) is 17.1 Å². The Hall–Kier alpha value is -7.52. The van der Waals surface area contributed by atoms with Crippen molar-refractivity contribution < 1.29 is 0 Å². The maximum Gasteiger partial charge on any atom is 0.0714 e. The number of hydrogen-bond acceptors (Lipinski definition) is 2. The Kier molecular flexibility index (Phi) is 8.33. The van der Waals surface area contributed by atoms with E-state index >= 15 is 0 Å². The summed E-state index contributed by atoms with van der Waals surface area (Å²) in [5.74, 6) is 0. The molecule has 61 heavy (non-hydrogen) atoms. The van der Waals surface area contributed by atoms with Gasteiger partial charge in [-0.05, 0) is 85.6 Å². The summed E-state index contributed by atoms with van der Waals surface area (Å²) in [6.45, 7) is 0. The molecule has 1 nitrogen and oxygen atoms in total. The van der Waals surface area contributed by atoms with Crippen molar-refractivity contribution in [1.29, 1.82) is 0 Å². The first-order chi connectivity index (χ1) is 30.3. The zero-order valence-corrected chi connectivity index (χ0v) is 34.2. The highest BCUT2D eigenvalue weighted by Crippen LogP contribution is 2.60. The quantitative estimate of drug-likeness (QED) is 0.155. The van der Waals surface area contributed by atoms with Gasteiger partial charge in [0.15, 0.2) is 0 Å². The van der Waals surface area contributed by atoms with Crippen LogP contribution in [0.5, 0.6) is 0 Å². The molecule has 0 amide bonds. The fraction of sp³-hybridized carbons (Fsp3) is 0.0169. The highest BCUT2D eigenvalue weighted by molar-refractivity contribution is 7.26.